The Morgan fingerprint density at radius 2 is 1.82 bits per heavy atom. The maximum absolute atomic E-state index is 12.2. The fourth-order valence-electron chi connectivity index (χ4n) is 2.99. The normalized spacial score (nSPS) is 10.8. The second kappa shape index (κ2) is 7.32. The van der Waals surface area contributed by atoms with Gasteiger partial charge in [0.15, 0.2) is 0 Å². The number of hydrogen-bond donors (Lipinski definition) is 3. The van der Waals surface area contributed by atoms with E-state index in [1.165, 1.54) is 6.33 Å². The molecule has 8 heteroatoms. The number of nitrogen functional groups attached to an aromatic ring is 1. The molecule has 4 rings (SSSR count). The van der Waals surface area contributed by atoms with Crippen LogP contribution < -0.4 is 16.4 Å². The quantitative estimate of drug-likeness (QED) is 0.408. The molecule has 0 aliphatic heterocycles. The Balaban J connectivity index is 1.55. The summed E-state index contributed by atoms with van der Waals surface area (Å²) in [5.41, 5.74) is 9.56. The summed E-state index contributed by atoms with van der Waals surface area (Å²) < 4.78 is 6.58. The molecule has 2 amide bonds. The molecule has 0 aliphatic carbocycles. The van der Waals surface area contributed by atoms with Crippen LogP contribution in [0.4, 0.5) is 22.0 Å². The summed E-state index contributed by atoms with van der Waals surface area (Å²) in [5, 5.41) is 6.28. The van der Waals surface area contributed by atoms with Crippen LogP contribution in [0.25, 0.3) is 22.2 Å². The van der Waals surface area contributed by atoms with Gasteiger partial charge in [0.25, 0.3) is 0 Å². The second-order valence-electron chi connectivity index (χ2n) is 6.14. The number of aryl methyl sites for hydroxylation is 1. The number of benzene rings is 2. The minimum atomic E-state index is -0.326. The van der Waals surface area contributed by atoms with Crippen molar-refractivity contribution in [2.45, 2.75) is 6.92 Å². The summed E-state index contributed by atoms with van der Waals surface area (Å²) in [7, 11) is 0. The molecule has 0 atom stereocenters. The Morgan fingerprint density at radius 3 is 2.57 bits per heavy atom. The Hall–Kier alpha value is -3.39. The number of carbonyl (C=O) groups excluding carboxylic acids is 1. The van der Waals surface area contributed by atoms with Crippen molar-refractivity contribution < 1.29 is 9.21 Å². The van der Waals surface area contributed by atoms with Gasteiger partial charge in [-0.15, -0.1) is 0 Å². The van der Waals surface area contributed by atoms with Gasteiger partial charge in [-0.25, -0.2) is 14.8 Å². The van der Waals surface area contributed by atoms with Crippen molar-refractivity contribution in [2.24, 2.45) is 0 Å². The van der Waals surface area contributed by atoms with E-state index in [1.807, 2.05) is 55.5 Å². The molecule has 0 unspecified atom stereocenters. The van der Waals surface area contributed by atoms with Crippen LogP contribution in [0.15, 0.2) is 63.7 Å². The van der Waals surface area contributed by atoms with Crippen molar-refractivity contribution in [1.29, 1.82) is 0 Å². The third-order valence-corrected chi connectivity index (χ3v) is 4.70. The molecule has 140 valence electrons. The first-order chi connectivity index (χ1) is 13.5. The van der Waals surface area contributed by atoms with Gasteiger partial charge in [-0.2, -0.15) is 0 Å². The number of furan rings is 1. The lowest BCUT2D eigenvalue weighted by atomic mass is 10.0. The van der Waals surface area contributed by atoms with Crippen molar-refractivity contribution in [1.82, 2.24) is 9.97 Å². The van der Waals surface area contributed by atoms with Gasteiger partial charge in [-0.3, -0.25) is 0 Å². The fourth-order valence-corrected chi connectivity index (χ4v) is 3.39. The number of hydrogen-bond acceptors (Lipinski definition) is 5. The van der Waals surface area contributed by atoms with Gasteiger partial charge in [0.05, 0.1) is 5.39 Å². The SMILES string of the molecule is Cc1oc2ncnc(N)c2c1-c1ccc(NC(=O)Nc2cccc(Br)c2)cc1. The van der Waals surface area contributed by atoms with Crippen LogP contribution in [0.5, 0.6) is 0 Å². The van der Waals surface area contributed by atoms with E-state index in [2.05, 4.69) is 36.5 Å². The van der Waals surface area contributed by atoms with Crippen LogP contribution in [0.1, 0.15) is 5.76 Å². The molecule has 7 nitrogen and oxygen atoms in total. The molecule has 0 saturated heterocycles. The maximum atomic E-state index is 12.2. The minimum Gasteiger partial charge on any atom is -0.442 e. The lowest BCUT2D eigenvalue weighted by Crippen LogP contribution is -2.19. The van der Waals surface area contributed by atoms with Crippen molar-refractivity contribution in [3.63, 3.8) is 0 Å². The average Bonchev–Trinajstić information content (AvgIpc) is 2.99. The monoisotopic (exact) mass is 437 g/mol. The Labute approximate surface area is 169 Å². The number of nitrogens with zero attached hydrogens (tertiary/aromatic N) is 2. The molecule has 28 heavy (non-hydrogen) atoms. The van der Waals surface area contributed by atoms with Crippen LogP contribution in [0.2, 0.25) is 0 Å². The number of carbonyl (C=O) groups is 1. The summed E-state index contributed by atoms with van der Waals surface area (Å²) in [4.78, 5) is 20.4. The van der Waals surface area contributed by atoms with Crippen molar-refractivity contribution in [3.05, 3.63) is 65.1 Å². The number of halogens is 1. The Morgan fingerprint density at radius 1 is 1.07 bits per heavy atom. The molecule has 2 heterocycles. The number of aromatic nitrogens is 2. The largest absolute Gasteiger partial charge is 0.442 e. The molecule has 2 aromatic carbocycles. The number of nitrogens with one attached hydrogen (secondary N) is 2. The molecule has 0 bridgehead atoms. The van der Waals surface area contributed by atoms with Gasteiger partial charge >= 0.3 is 6.03 Å². The van der Waals surface area contributed by atoms with Gasteiger partial charge < -0.3 is 20.8 Å². The Bertz CT molecular complexity index is 1170. The molecule has 0 radical (unpaired) electrons. The van der Waals surface area contributed by atoms with E-state index >= 15 is 0 Å². The van der Waals surface area contributed by atoms with E-state index in [9.17, 15) is 4.79 Å². The molecular weight excluding hydrogens is 422 g/mol. The standard InChI is InChI=1S/C20H16BrN5O2/c1-11-16(17-18(22)23-10-24-19(17)28-11)12-5-7-14(8-6-12)25-20(27)26-15-4-2-3-13(21)9-15/h2-10H,1H3,(H2,22,23,24)(H2,25,26,27). The van der Waals surface area contributed by atoms with E-state index in [0.717, 1.165) is 15.6 Å². The number of fused-ring (bicyclic) bond motifs is 1. The molecular formula is C20H16BrN5O2. The summed E-state index contributed by atoms with van der Waals surface area (Å²) in [5.74, 6) is 1.07. The lowest BCUT2D eigenvalue weighted by molar-refractivity contribution is 0.262. The average molecular weight is 438 g/mol. The minimum absolute atomic E-state index is 0.326. The summed E-state index contributed by atoms with van der Waals surface area (Å²) in [6.45, 7) is 1.86. The van der Waals surface area contributed by atoms with E-state index in [4.69, 9.17) is 10.2 Å². The highest BCUT2D eigenvalue weighted by atomic mass is 79.9. The zero-order chi connectivity index (χ0) is 19.7. The molecule has 4 aromatic rings. The van der Waals surface area contributed by atoms with Crippen LogP contribution in [-0.4, -0.2) is 16.0 Å². The third-order valence-electron chi connectivity index (χ3n) is 4.21. The first kappa shape index (κ1) is 18.0. The fraction of sp³-hybridized carbons (Fsp3) is 0.0500. The molecule has 0 spiro atoms. The van der Waals surface area contributed by atoms with Crippen molar-refractivity contribution in [3.8, 4) is 11.1 Å². The summed E-state index contributed by atoms with van der Waals surface area (Å²) >= 11 is 3.38. The van der Waals surface area contributed by atoms with Crippen LogP contribution in [0.3, 0.4) is 0 Å². The number of amides is 2. The highest BCUT2D eigenvalue weighted by Gasteiger charge is 2.17. The molecule has 0 saturated carbocycles. The highest BCUT2D eigenvalue weighted by Crippen LogP contribution is 2.36. The second-order valence-corrected chi connectivity index (χ2v) is 7.05. The topological polar surface area (TPSA) is 106 Å². The zero-order valence-electron chi connectivity index (χ0n) is 14.9. The van der Waals surface area contributed by atoms with Gasteiger partial charge in [0.2, 0.25) is 5.71 Å². The van der Waals surface area contributed by atoms with E-state index in [0.29, 0.717) is 34.1 Å². The third kappa shape index (κ3) is 3.54. The van der Waals surface area contributed by atoms with Gasteiger partial charge in [0, 0.05) is 21.4 Å². The first-order valence-corrected chi connectivity index (χ1v) is 9.24. The van der Waals surface area contributed by atoms with Crippen molar-refractivity contribution >= 4 is 50.3 Å². The first-order valence-electron chi connectivity index (χ1n) is 8.45. The smallest absolute Gasteiger partial charge is 0.323 e. The number of rotatable bonds is 3. The van der Waals surface area contributed by atoms with Crippen LogP contribution >= 0.6 is 15.9 Å². The Kier molecular flexibility index (Phi) is 4.70. The number of urea groups is 1. The highest BCUT2D eigenvalue weighted by molar-refractivity contribution is 9.10. The number of nitrogens with two attached hydrogens (primary N) is 1. The summed E-state index contributed by atoms with van der Waals surface area (Å²) in [6.07, 6.45) is 1.38. The predicted octanol–water partition coefficient (Wildman–Crippen LogP) is 5.19. The molecule has 2 aromatic heterocycles. The van der Waals surface area contributed by atoms with Gasteiger partial charge in [0.1, 0.15) is 17.9 Å². The van der Waals surface area contributed by atoms with E-state index < -0.39 is 0 Å². The zero-order valence-corrected chi connectivity index (χ0v) is 16.4. The van der Waals surface area contributed by atoms with Gasteiger partial charge in [-0.05, 0) is 42.8 Å². The van der Waals surface area contributed by atoms with Crippen molar-refractivity contribution in [2.75, 3.05) is 16.4 Å². The molecule has 0 aliphatic rings. The van der Waals surface area contributed by atoms with E-state index in [1.54, 1.807) is 0 Å². The summed E-state index contributed by atoms with van der Waals surface area (Å²) in [6, 6.07) is 14.4. The predicted molar refractivity (Wildman–Crippen MR) is 113 cm³/mol. The maximum Gasteiger partial charge on any atom is 0.323 e. The van der Waals surface area contributed by atoms with Crippen LogP contribution in [0, 0.1) is 6.92 Å². The molecule has 4 N–H and O–H groups in total. The van der Waals surface area contributed by atoms with E-state index in [-0.39, 0.29) is 6.03 Å². The van der Waals surface area contributed by atoms with Gasteiger partial charge in [-0.1, -0.05) is 34.1 Å². The van der Waals surface area contributed by atoms with Crippen LogP contribution in [-0.2, 0) is 0 Å². The number of anilines is 3. The molecule has 0 fully saturated rings. The lowest BCUT2D eigenvalue weighted by Gasteiger charge is -2.09.